The smallest absolute Gasteiger partial charge is 0.0702 e. The summed E-state index contributed by atoms with van der Waals surface area (Å²) in [6.07, 6.45) is 4.28. The highest BCUT2D eigenvalue weighted by Gasteiger charge is 2.16. The fourth-order valence-corrected chi connectivity index (χ4v) is 2.67. The lowest BCUT2D eigenvalue weighted by Crippen LogP contribution is -2.19. The molecule has 0 unspecified atom stereocenters. The van der Waals surface area contributed by atoms with Gasteiger partial charge in [-0.3, -0.25) is 4.98 Å². The van der Waals surface area contributed by atoms with Crippen LogP contribution in [-0.2, 0) is 6.61 Å². The lowest BCUT2D eigenvalue weighted by Gasteiger charge is -2.21. The maximum Gasteiger partial charge on any atom is 0.0702 e. The third kappa shape index (κ3) is 2.47. The van der Waals surface area contributed by atoms with Crippen molar-refractivity contribution in [2.75, 3.05) is 18.0 Å². The molecule has 19 heavy (non-hydrogen) atoms. The molecular formula is C16H18N2O. The number of aromatic nitrogens is 1. The Kier molecular flexibility index (Phi) is 3.47. The van der Waals surface area contributed by atoms with Gasteiger partial charge in [0.05, 0.1) is 12.3 Å². The second-order valence-corrected chi connectivity index (χ2v) is 4.91. The summed E-state index contributed by atoms with van der Waals surface area (Å²) in [5, 5.41) is 9.60. The number of hydrogen-bond donors (Lipinski definition) is 1. The average molecular weight is 254 g/mol. The third-order valence-electron chi connectivity index (χ3n) is 3.66. The van der Waals surface area contributed by atoms with E-state index in [1.807, 2.05) is 18.2 Å². The molecule has 0 saturated carbocycles. The van der Waals surface area contributed by atoms with E-state index in [0.29, 0.717) is 0 Å². The van der Waals surface area contributed by atoms with Crippen LogP contribution in [0.25, 0.3) is 11.3 Å². The van der Waals surface area contributed by atoms with Gasteiger partial charge in [-0.2, -0.15) is 0 Å². The van der Waals surface area contributed by atoms with E-state index in [1.54, 1.807) is 6.20 Å². The molecule has 1 fully saturated rings. The van der Waals surface area contributed by atoms with Crippen molar-refractivity contribution in [3.05, 3.63) is 48.2 Å². The molecular weight excluding hydrogens is 236 g/mol. The Morgan fingerprint density at radius 1 is 1.11 bits per heavy atom. The highest BCUT2D eigenvalue weighted by atomic mass is 16.3. The molecule has 1 aliphatic rings. The number of anilines is 1. The highest BCUT2D eigenvalue weighted by molar-refractivity contribution is 5.66. The summed E-state index contributed by atoms with van der Waals surface area (Å²) in [6, 6.07) is 12.1. The second kappa shape index (κ2) is 5.41. The van der Waals surface area contributed by atoms with Gasteiger partial charge in [-0.1, -0.05) is 12.1 Å². The average Bonchev–Trinajstić information content (AvgIpc) is 3.01. The molecule has 3 nitrogen and oxygen atoms in total. The number of aliphatic hydroxyl groups excluding tert-OH is 1. The van der Waals surface area contributed by atoms with Gasteiger partial charge in [-0.25, -0.2) is 0 Å². The molecule has 1 aromatic heterocycles. The molecule has 0 atom stereocenters. The molecule has 1 N–H and O–H groups in total. The first-order valence-corrected chi connectivity index (χ1v) is 6.78. The van der Waals surface area contributed by atoms with E-state index in [-0.39, 0.29) is 6.61 Å². The Balaban J connectivity index is 1.97. The largest absolute Gasteiger partial charge is 0.392 e. The van der Waals surface area contributed by atoms with Gasteiger partial charge in [-0.05, 0) is 37.1 Å². The summed E-state index contributed by atoms with van der Waals surface area (Å²) in [7, 11) is 0. The van der Waals surface area contributed by atoms with Crippen LogP contribution in [-0.4, -0.2) is 23.2 Å². The number of pyridine rings is 1. The van der Waals surface area contributed by atoms with Crippen LogP contribution >= 0.6 is 0 Å². The molecule has 2 heterocycles. The first-order valence-electron chi connectivity index (χ1n) is 6.78. The molecule has 1 aromatic carbocycles. The van der Waals surface area contributed by atoms with Crippen LogP contribution in [0.5, 0.6) is 0 Å². The molecule has 3 heteroatoms. The summed E-state index contributed by atoms with van der Waals surface area (Å²) in [6.45, 7) is 2.26. The van der Waals surface area contributed by atoms with Crippen molar-refractivity contribution in [2.45, 2.75) is 19.4 Å². The number of nitrogens with zero attached hydrogens (tertiary/aromatic N) is 2. The van der Waals surface area contributed by atoms with Crippen molar-refractivity contribution in [3.63, 3.8) is 0 Å². The molecule has 0 aliphatic carbocycles. The predicted octanol–water partition coefficient (Wildman–Crippen LogP) is 2.84. The fourth-order valence-electron chi connectivity index (χ4n) is 2.67. The molecule has 98 valence electrons. The van der Waals surface area contributed by atoms with E-state index in [9.17, 15) is 5.11 Å². The number of rotatable bonds is 3. The summed E-state index contributed by atoms with van der Waals surface area (Å²) in [5.74, 6) is 0. The van der Waals surface area contributed by atoms with Crippen molar-refractivity contribution in [1.82, 2.24) is 4.98 Å². The van der Waals surface area contributed by atoms with Gasteiger partial charge in [0, 0.05) is 36.1 Å². The summed E-state index contributed by atoms with van der Waals surface area (Å²) in [5.41, 5.74) is 4.17. The number of aliphatic hydroxyl groups is 1. The molecule has 0 bridgehead atoms. The minimum Gasteiger partial charge on any atom is -0.392 e. The monoisotopic (exact) mass is 254 g/mol. The zero-order chi connectivity index (χ0) is 13.1. The maximum absolute atomic E-state index is 9.60. The Hall–Kier alpha value is -1.87. The lowest BCUT2D eigenvalue weighted by atomic mass is 10.1. The first-order chi connectivity index (χ1) is 9.38. The number of hydrogen-bond acceptors (Lipinski definition) is 3. The number of benzene rings is 1. The Labute approximate surface area is 113 Å². The van der Waals surface area contributed by atoms with Gasteiger partial charge in [0.15, 0.2) is 0 Å². The van der Waals surface area contributed by atoms with Gasteiger partial charge < -0.3 is 10.0 Å². The Morgan fingerprint density at radius 3 is 2.63 bits per heavy atom. The minimum atomic E-state index is 0.0759. The van der Waals surface area contributed by atoms with Crippen molar-refractivity contribution >= 4 is 5.69 Å². The molecule has 1 aliphatic heterocycles. The maximum atomic E-state index is 9.60. The van der Waals surface area contributed by atoms with E-state index >= 15 is 0 Å². The molecule has 0 spiro atoms. The Morgan fingerprint density at radius 2 is 1.95 bits per heavy atom. The van der Waals surface area contributed by atoms with Crippen LogP contribution in [0, 0.1) is 0 Å². The fraction of sp³-hybridized carbons (Fsp3) is 0.312. The van der Waals surface area contributed by atoms with Crippen LogP contribution in [0.1, 0.15) is 18.4 Å². The summed E-state index contributed by atoms with van der Waals surface area (Å²) >= 11 is 0. The van der Waals surface area contributed by atoms with Crippen LogP contribution in [0.15, 0.2) is 42.6 Å². The van der Waals surface area contributed by atoms with E-state index in [2.05, 4.69) is 28.1 Å². The molecule has 3 rings (SSSR count). The van der Waals surface area contributed by atoms with E-state index in [0.717, 1.165) is 29.9 Å². The van der Waals surface area contributed by atoms with Gasteiger partial charge in [0.1, 0.15) is 0 Å². The SMILES string of the molecule is OCc1cc(-c2ccccn2)ccc1N1CCCC1. The highest BCUT2D eigenvalue weighted by Crippen LogP contribution is 2.29. The molecule has 0 radical (unpaired) electrons. The van der Waals surface area contributed by atoms with Gasteiger partial charge in [0.25, 0.3) is 0 Å². The lowest BCUT2D eigenvalue weighted by molar-refractivity contribution is 0.282. The quantitative estimate of drug-likeness (QED) is 0.915. The second-order valence-electron chi connectivity index (χ2n) is 4.91. The Bertz CT molecular complexity index is 548. The van der Waals surface area contributed by atoms with Crippen molar-refractivity contribution < 1.29 is 5.11 Å². The summed E-state index contributed by atoms with van der Waals surface area (Å²) in [4.78, 5) is 6.71. The van der Waals surface area contributed by atoms with Crippen molar-refractivity contribution in [3.8, 4) is 11.3 Å². The zero-order valence-corrected chi connectivity index (χ0v) is 10.9. The van der Waals surface area contributed by atoms with Gasteiger partial charge in [0.2, 0.25) is 0 Å². The van der Waals surface area contributed by atoms with Crippen LogP contribution in [0.4, 0.5) is 5.69 Å². The minimum absolute atomic E-state index is 0.0759. The zero-order valence-electron chi connectivity index (χ0n) is 10.9. The van der Waals surface area contributed by atoms with E-state index in [1.165, 1.54) is 18.5 Å². The van der Waals surface area contributed by atoms with E-state index < -0.39 is 0 Å². The first kappa shape index (κ1) is 12.2. The standard InChI is InChI=1S/C16H18N2O/c19-12-14-11-13(15-5-1-2-8-17-15)6-7-16(14)18-9-3-4-10-18/h1-2,5-8,11,19H,3-4,9-10,12H2. The third-order valence-corrected chi connectivity index (χ3v) is 3.66. The molecule has 1 saturated heterocycles. The van der Waals surface area contributed by atoms with Gasteiger partial charge >= 0.3 is 0 Å². The van der Waals surface area contributed by atoms with Gasteiger partial charge in [-0.15, -0.1) is 0 Å². The van der Waals surface area contributed by atoms with Crippen LogP contribution < -0.4 is 4.90 Å². The van der Waals surface area contributed by atoms with E-state index in [4.69, 9.17) is 0 Å². The predicted molar refractivity (Wildman–Crippen MR) is 77.0 cm³/mol. The van der Waals surface area contributed by atoms with Crippen LogP contribution in [0.2, 0.25) is 0 Å². The normalized spacial score (nSPS) is 14.9. The van der Waals surface area contributed by atoms with Crippen LogP contribution in [0.3, 0.4) is 0 Å². The van der Waals surface area contributed by atoms with Crippen molar-refractivity contribution in [2.24, 2.45) is 0 Å². The molecule has 0 amide bonds. The summed E-state index contributed by atoms with van der Waals surface area (Å²) < 4.78 is 0. The van der Waals surface area contributed by atoms with Crippen molar-refractivity contribution in [1.29, 1.82) is 0 Å². The topological polar surface area (TPSA) is 36.4 Å². The molecule has 2 aromatic rings.